The summed E-state index contributed by atoms with van der Waals surface area (Å²) in [5.74, 6) is -2.01. The van der Waals surface area contributed by atoms with Gasteiger partial charge in [-0.05, 0) is 51.8 Å². The maximum atomic E-state index is 13.7. The molecule has 0 amide bonds. The maximum Gasteiger partial charge on any atom is 0.251 e. The lowest BCUT2D eigenvalue weighted by molar-refractivity contribution is -0.0222. The minimum atomic E-state index is -2.63. The first-order valence-electron chi connectivity index (χ1n) is 10.5. The van der Waals surface area contributed by atoms with Crippen LogP contribution in [0.3, 0.4) is 0 Å². The van der Waals surface area contributed by atoms with Crippen LogP contribution in [0.5, 0.6) is 0 Å². The summed E-state index contributed by atoms with van der Waals surface area (Å²) in [7, 11) is -1.25. The van der Waals surface area contributed by atoms with Gasteiger partial charge in [0.05, 0.1) is 21.2 Å². The molecule has 0 aliphatic carbocycles. The highest BCUT2D eigenvalue weighted by Crippen LogP contribution is 2.34. The number of nitrogens with zero attached hydrogens (tertiary/aromatic N) is 4. The highest BCUT2D eigenvalue weighted by atomic mass is 32.2. The molecule has 3 aromatic rings. The molecule has 1 aliphatic rings. The van der Waals surface area contributed by atoms with Gasteiger partial charge < -0.3 is 4.90 Å². The van der Waals surface area contributed by atoms with Gasteiger partial charge in [-0.3, -0.25) is 4.40 Å². The lowest BCUT2D eigenvalue weighted by atomic mass is 10.0. The Labute approximate surface area is 183 Å². The average molecular weight is 450 g/mol. The second-order valence-corrected chi connectivity index (χ2v) is 11.3. The van der Waals surface area contributed by atoms with E-state index in [1.807, 2.05) is 62.2 Å². The second-order valence-electron chi connectivity index (χ2n) is 9.35. The van der Waals surface area contributed by atoms with E-state index in [9.17, 15) is 13.0 Å². The van der Waals surface area contributed by atoms with E-state index >= 15 is 0 Å². The smallest absolute Gasteiger partial charge is 0.251 e. The largest absolute Gasteiger partial charge is 0.341 e. The van der Waals surface area contributed by atoms with E-state index in [2.05, 4.69) is 9.71 Å². The first-order chi connectivity index (χ1) is 14.5. The number of piperidine rings is 1. The number of rotatable bonds is 4. The van der Waals surface area contributed by atoms with Crippen LogP contribution in [-0.4, -0.2) is 42.3 Å². The van der Waals surface area contributed by atoms with Gasteiger partial charge in [0.1, 0.15) is 5.65 Å². The van der Waals surface area contributed by atoms with Crippen LogP contribution in [0.25, 0.3) is 16.6 Å². The van der Waals surface area contributed by atoms with E-state index in [1.54, 1.807) is 6.20 Å². The molecule has 2 aromatic heterocycles. The Hall–Kier alpha value is -2.13. The molecule has 4 rings (SSSR count). The van der Waals surface area contributed by atoms with E-state index in [0.717, 1.165) is 27.7 Å². The summed E-state index contributed by atoms with van der Waals surface area (Å²) in [6.07, 6.45) is 3.15. The van der Waals surface area contributed by atoms with Crippen LogP contribution >= 0.6 is 0 Å². The van der Waals surface area contributed by atoms with Crippen molar-refractivity contribution in [2.75, 3.05) is 18.0 Å². The van der Waals surface area contributed by atoms with Crippen LogP contribution in [-0.2, 0) is 11.0 Å². The number of imidazole rings is 1. The number of hydrogen-bond acceptors (Lipinski definition) is 4. The lowest BCUT2D eigenvalue weighted by Gasteiger charge is -2.33. The first-order valence-corrected chi connectivity index (χ1v) is 11.7. The summed E-state index contributed by atoms with van der Waals surface area (Å²) in [5, 5.41) is 0.890. The molecule has 0 radical (unpaired) electrons. The van der Waals surface area contributed by atoms with E-state index < -0.39 is 21.7 Å². The van der Waals surface area contributed by atoms with Gasteiger partial charge in [-0.2, -0.15) is 0 Å². The molecule has 6 nitrogen and oxygen atoms in total. The fourth-order valence-corrected chi connectivity index (χ4v) is 4.71. The Kier molecular flexibility index (Phi) is 5.54. The van der Waals surface area contributed by atoms with Crippen LogP contribution in [0, 0.1) is 6.92 Å². The van der Waals surface area contributed by atoms with E-state index in [1.165, 1.54) is 0 Å². The topological polar surface area (TPSA) is 62.5 Å². The fraction of sp³-hybridized carbons (Fsp3) is 0.545. The summed E-state index contributed by atoms with van der Waals surface area (Å²) in [5.41, 5.74) is 3.46. The van der Waals surface area contributed by atoms with Crippen LogP contribution < -0.4 is 9.62 Å². The molecule has 1 aromatic carbocycles. The van der Waals surface area contributed by atoms with Gasteiger partial charge in [0, 0.05) is 49.8 Å². The Bertz CT molecular complexity index is 1140. The number of benzene rings is 1. The average Bonchev–Trinajstić information content (AvgIpc) is 3.16. The molecule has 1 saturated heterocycles. The van der Waals surface area contributed by atoms with Gasteiger partial charge in [-0.25, -0.2) is 27.7 Å². The molecule has 1 fully saturated rings. The molecule has 1 N–H and O–H groups in total. The second kappa shape index (κ2) is 7.78. The molecule has 3 heterocycles. The van der Waals surface area contributed by atoms with Crippen molar-refractivity contribution in [3.8, 4) is 0 Å². The summed E-state index contributed by atoms with van der Waals surface area (Å²) >= 11 is 0. The normalized spacial score (nSPS) is 19.1. The summed E-state index contributed by atoms with van der Waals surface area (Å²) < 4.78 is 44.8. The number of anilines is 1. The van der Waals surface area contributed by atoms with E-state index in [0.29, 0.717) is 5.95 Å². The third-order valence-electron chi connectivity index (χ3n) is 5.68. The van der Waals surface area contributed by atoms with E-state index in [4.69, 9.17) is 4.98 Å². The number of aromatic nitrogens is 3. The fourth-order valence-electron chi connectivity index (χ4n) is 3.91. The summed E-state index contributed by atoms with van der Waals surface area (Å²) in [6, 6.07) is 3.86. The zero-order valence-corrected chi connectivity index (χ0v) is 19.4. The first kappa shape index (κ1) is 22.1. The molecule has 0 spiro atoms. The monoisotopic (exact) mass is 449 g/mol. The number of fused-ring (bicyclic) bond motifs is 3. The maximum absolute atomic E-state index is 13.7. The van der Waals surface area contributed by atoms with Crippen molar-refractivity contribution in [1.82, 2.24) is 19.1 Å². The molecular formula is C22H29F2N5OS. The van der Waals surface area contributed by atoms with Crippen LogP contribution in [0.1, 0.15) is 57.7 Å². The predicted octanol–water partition coefficient (Wildman–Crippen LogP) is 4.54. The number of hydrogen-bond donors (Lipinski definition) is 1. The van der Waals surface area contributed by atoms with Crippen molar-refractivity contribution in [3.63, 3.8) is 0 Å². The van der Waals surface area contributed by atoms with Gasteiger partial charge in [0.25, 0.3) is 5.92 Å². The molecule has 9 heteroatoms. The SMILES string of the molecule is Cc1cc([C@@H](C)N[S@](=O)C(C)(C)C)c2nc(N3CCC(F)(F)CC3)n3ccnc3c2c1. The molecule has 0 bridgehead atoms. The zero-order chi connectivity index (χ0) is 22.6. The molecule has 31 heavy (non-hydrogen) atoms. The number of nitrogens with one attached hydrogen (secondary N) is 1. The van der Waals surface area contributed by atoms with Crippen molar-refractivity contribution in [3.05, 3.63) is 35.7 Å². The van der Waals surface area contributed by atoms with Gasteiger partial charge in [0.15, 0.2) is 0 Å². The van der Waals surface area contributed by atoms with Gasteiger partial charge in [-0.1, -0.05) is 6.07 Å². The van der Waals surface area contributed by atoms with Crippen molar-refractivity contribution in [1.29, 1.82) is 0 Å². The van der Waals surface area contributed by atoms with Crippen molar-refractivity contribution in [2.45, 2.75) is 64.2 Å². The minimum Gasteiger partial charge on any atom is -0.341 e. The predicted molar refractivity (Wildman–Crippen MR) is 121 cm³/mol. The highest BCUT2D eigenvalue weighted by Gasteiger charge is 2.35. The van der Waals surface area contributed by atoms with Gasteiger partial charge in [-0.15, -0.1) is 0 Å². The minimum absolute atomic E-state index is 0.188. The summed E-state index contributed by atoms with van der Waals surface area (Å²) in [6.45, 7) is 10.2. The molecule has 0 saturated carbocycles. The standard InChI is InChI=1S/C22H29F2N5OS/c1-14-12-16(15(2)27-31(30)21(3,4)5)18-17(13-14)19-25-8-11-29(19)20(26-18)28-9-6-22(23,24)7-10-28/h8,11-13,15,27H,6-7,9-10H2,1-5H3/t15-,31-/m1/s1. The Morgan fingerprint density at radius 2 is 1.90 bits per heavy atom. The third-order valence-corrected chi connectivity index (χ3v) is 7.36. The van der Waals surface area contributed by atoms with Crippen LogP contribution in [0.4, 0.5) is 14.7 Å². The lowest BCUT2D eigenvalue weighted by Crippen LogP contribution is -2.40. The Morgan fingerprint density at radius 1 is 1.23 bits per heavy atom. The number of halogens is 2. The zero-order valence-electron chi connectivity index (χ0n) is 18.6. The Morgan fingerprint density at radius 3 is 2.55 bits per heavy atom. The van der Waals surface area contributed by atoms with Gasteiger partial charge >= 0.3 is 0 Å². The van der Waals surface area contributed by atoms with Crippen molar-refractivity contribution >= 4 is 33.5 Å². The molecule has 168 valence electrons. The molecular weight excluding hydrogens is 420 g/mol. The number of aryl methyl sites for hydroxylation is 1. The van der Waals surface area contributed by atoms with Gasteiger partial charge in [0.2, 0.25) is 5.95 Å². The van der Waals surface area contributed by atoms with Crippen molar-refractivity contribution in [2.24, 2.45) is 0 Å². The van der Waals surface area contributed by atoms with Crippen LogP contribution in [0.2, 0.25) is 0 Å². The van der Waals surface area contributed by atoms with Crippen molar-refractivity contribution < 1.29 is 13.0 Å². The molecule has 0 unspecified atom stereocenters. The molecule has 1 aliphatic heterocycles. The highest BCUT2D eigenvalue weighted by molar-refractivity contribution is 7.84. The van der Waals surface area contributed by atoms with E-state index in [-0.39, 0.29) is 32.0 Å². The summed E-state index contributed by atoms with van der Waals surface area (Å²) in [4.78, 5) is 11.4. The third kappa shape index (κ3) is 4.30. The van der Waals surface area contributed by atoms with Crippen LogP contribution in [0.15, 0.2) is 24.5 Å². The quantitative estimate of drug-likeness (QED) is 0.635. The number of alkyl halides is 2. The Balaban J connectivity index is 1.84. The molecule has 2 atom stereocenters.